The molecule has 1 heteroatoms. The van der Waals surface area contributed by atoms with Crippen LogP contribution in [0.25, 0.3) is 0 Å². The molecular formula is C13H21N. The van der Waals surface area contributed by atoms with Crippen molar-refractivity contribution in [1.82, 2.24) is 4.90 Å². The summed E-state index contributed by atoms with van der Waals surface area (Å²) >= 11 is 0. The lowest BCUT2D eigenvalue weighted by Crippen LogP contribution is -2.25. The Morgan fingerprint density at radius 2 is 1.86 bits per heavy atom. The van der Waals surface area contributed by atoms with Crippen LogP contribution < -0.4 is 0 Å². The number of hydrogen-bond acceptors (Lipinski definition) is 1. The highest BCUT2D eigenvalue weighted by atomic mass is 15.1. The minimum absolute atomic E-state index is 0.611. The summed E-state index contributed by atoms with van der Waals surface area (Å²) < 4.78 is 0. The minimum Gasteiger partial charge on any atom is -0.300 e. The first-order valence-electron chi connectivity index (χ1n) is 5.41. The van der Waals surface area contributed by atoms with Crippen LogP contribution in [0.4, 0.5) is 0 Å². The van der Waals surface area contributed by atoms with Crippen LogP contribution in [0.5, 0.6) is 0 Å². The van der Waals surface area contributed by atoms with Gasteiger partial charge in [-0.25, -0.2) is 0 Å². The van der Waals surface area contributed by atoms with E-state index in [0.29, 0.717) is 6.04 Å². The second kappa shape index (κ2) is 5.16. The number of benzene rings is 1. The van der Waals surface area contributed by atoms with Gasteiger partial charge in [0.15, 0.2) is 0 Å². The zero-order chi connectivity index (χ0) is 10.6. The SMILES string of the molecule is CCc1cccc(CN(C)C(C)C)c1. The quantitative estimate of drug-likeness (QED) is 0.707. The minimum atomic E-state index is 0.611. The Bertz CT molecular complexity index is 278. The molecule has 0 saturated carbocycles. The molecule has 1 rings (SSSR count). The van der Waals surface area contributed by atoms with Gasteiger partial charge in [-0.15, -0.1) is 0 Å². The number of rotatable bonds is 4. The highest BCUT2D eigenvalue weighted by molar-refractivity contribution is 5.23. The lowest BCUT2D eigenvalue weighted by molar-refractivity contribution is 0.266. The molecule has 0 aliphatic carbocycles. The van der Waals surface area contributed by atoms with E-state index in [0.717, 1.165) is 13.0 Å². The van der Waals surface area contributed by atoms with Gasteiger partial charge in [-0.1, -0.05) is 31.2 Å². The largest absolute Gasteiger partial charge is 0.300 e. The molecule has 0 saturated heterocycles. The molecule has 0 fully saturated rings. The monoisotopic (exact) mass is 191 g/mol. The zero-order valence-electron chi connectivity index (χ0n) is 9.75. The Labute approximate surface area is 87.7 Å². The first-order valence-corrected chi connectivity index (χ1v) is 5.41. The maximum Gasteiger partial charge on any atom is 0.0233 e. The van der Waals surface area contributed by atoms with E-state index >= 15 is 0 Å². The summed E-state index contributed by atoms with van der Waals surface area (Å²) in [6.45, 7) is 7.70. The van der Waals surface area contributed by atoms with Crippen LogP contribution in [0.15, 0.2) is 24.3 Å². The second-order valence-electron chi connectivity index (χ2n) is 4.18. The van der Waals surface area contributed by atoms with E-state index in [1.54, 1.807) is 0 Å². The molecule has 0 amide bonds. The summed E-state index contributed by atoms with van der Waals surface area (Å²) in [5.41, 5.74) is 2.85. The summed E-state index contributed by atoms with van der Waals surface area (Å²) in [5, 5.41) is 0. The van der Waals surface area contributed by atoms with Gasteiger partial charge in [-0.3, -0.25) is 4.90 Å². The Morgan fingerprint density at radius 1 is 1.21 bits per heavy atom. The number of aryl methyl sites for hydroxylation is 1. The van der Waals surface area contributed by atoms with Crippen LogP contribution in [0.3, 0.4) is 0 Å². The molecule has 0 heterocycles. The topological polar surface area (TPSA) is 3.24 Å². The van der Waals surface area contributed by atoms with E-state index in [9.17, 15) is 0 Å². The average molecular weight is 191 g/mol. The molecule has 1 nitrogen and oxygen atoms in total. The fourth-order valence-corrected chi connectivity index (χ4v) is 1.42. The second-order valence-corrected chi connectivity index (χ2v) is 4.18. The smallest absolute Gasteiger partial charge is 0.0233 e. The van der Waals surface area contributed by atoms with Crippen LogP contribution in [-0.2, 0) is 13.0 Å². The van der Waals surface area contributed by atoms with Crippen molar-refractivity contribution in [2.75, 3.05) is 7.05 Å². The molecule has 0 radical (unpaired) electrons. The summed E-state index contributed by atoms with van der Waals surface area (Å²) in [4.78, 5) is 2.36. The third kappa shape index (κ3) is 3.15. The summed E-state index contributed by atoms with van der Waals surface area (Å²) in [7, 11) is 2.17. The zero-order valence-corrected chi connectivity index (χ0v) is 9.75. The van der Waals surface area contributed by atoms with Crippen molar-refractivity contribution in [3.8, 4) is 0 Å². The molecule has 0 aliphatic rings. The van der Waals surface area contributed by atoms with E-state index in [1.807, 2.05) is 0 Å². The van der Waals surface area contributed by atoms with Gasteiger partial charge in [0.2, 0.25) is 0 Å². The van der Waals surface area contributed by atoms with Crippen LogP contribution in [-0.4, -0.2) is 18.0 Å². The Morgan fingerprint density at radius 3 is 2.43 bits per heavy atom. The van der Waals surface area contributed by atoms with Crippen molar-refractivity contribution < 1.29 is 0 Å². The van der Waals surface area contributed by atoms with Gasteiger partial charge in [-0.2, -0.15) is 0 Å². The lowest BCUT2D eigenvalue weighted by Gasteiger charge is -2.21. The fraction of sp³-hybridized carbons (Fsp3) is 0.538. The molecule has 0 spiro atoms. The summed E-state index contributed by atoms with van der Waals surface area (Å²) in [5.74, 6) is 0. The Hall–Kier alpha value is -0.820. The summed E-state index contributed by atoms with van der Waals surface area (Å²) in [6, 6.07) is 9.47. The van der Waals surface area contributed by atoms with Crippen LogP contribution in [0, 0.1) is 0 Å². The van der Waals surface area contributed by atoms with E-state index in [4.69, 9.17) is 0 Å². The van der Waals surface area contributed by atoms with E-state index in [-0.39, 0.29) is 0 Å². The van der Waals surface area contributed by atoms with Crippen molar-refractivity contribution in [2.45, 2.75) is 39.8 Å². The maximum absolute atomic E-state index is 2.36. The predicted molar refractivity (Wildman–Crippen MR) is 62.4 cm³/mol. The highest BCUT2D eigenvalue weighted by Crippen LogP contribution is 2.09. The van der Waals surface area contributed by atoms with Crippen LogP contribution >= 0.6 is 0 Å². The van der Waals surface area contributed by atoms with Crippen LogP contribution in [0.1, 0.15) is 31.9 Å². The first kappa shape index (κ1) is 11.3. The Kier molecular flexibility index (Phi) is 4.15. The van der Waals surface area contributed by atoms with Gasteiger partial charge in [0, 0.05) is 12.6 Å². The molecule has 14 heavy (non-hydrogen) atoms. The predicted octanol–water partition coefficient (Wildman–Crippen LogP) is 3.09. The normalized spacial score (nSPS) is 11.3. The molecule has 0 aliphatic heterocycles. The van der Waals surface area contributed by atoms with Crippen molar-refractivity contribution >= 4 is 0 Å². The highest BCUT2D eigenvalue weighted by Gasteiger charge is 2.03. The van der Waals surface area contributed by atoms with Gasteiger partial charge in [0.1, 0.15) is 0 Å². The molecule has 1 aromatic carbocycles. The molecule has 0 unspecified atom stereocenters. The standard InChI is InChI=1S/C13H21N/c1-5-12-7-6-8-13(9-12)10-14(4)11(2)3/h6-9,11H,5,10H2,1-4H3. The van der Waals surface area contributed by atoms with Gasteiger partial charge >= 0.3 is 0 Å². The van der Waals surface area contributed by atoms with Gasteiger partial charge in [0.05, 0.1) is 0 Å². The van der Waals surface area contributed by atoms with E-state index in [2.05, 4.69) is 57.0 Å². The van der Waals surface area contributed by atoms with E-state index < -0.39 is 0 Å². The first-order chi connectivity index (χ1) is 6.63. The molecular weight excluding hydrogens is 170 g/mol. The average Bonchev–Trinajstić information content (AvgIpc) is 2.18. The molecule has 0 aromatic heterocycles. The summed E-state index contributed by atoms with van der Waals surface area (Å²) in [6.07, 6.45) is 1.12. The van der Waals surface area contributed by atoms with E-state index in [1.165, 1.54) is 11.1 Å². The number of nitrogens with zero attached hydrogens (tertiary/aromatic N) is 1. The van der Waals surface area contributed by atoms with Gasteiger partial charge < -0.3 is 0 Å². The molecule has 0 N–H and O–H groups in total. The molecule has 78 valence electrons. The third-order valence-electron chi connectivity index (χ3n) is 2.71. The molecule has 0 bridgehead atoms. The van der Waals surface area contributed by atoms with Gasteiger partial charge in [-0.05, 0) is 38.4 Å². The number of hydrogen-bond donors (Lipinski definition) is 0. The lowest BCUT2D eigenvalue weighted by atomic mass is 10.1. The molecule has 1 aromatic rings. The van der Waals surface area contributed by atoms with Crippen molar-refractivity contribution in [2.24, 2.45) is 0 Å². The maximum atomic E-state index is 2.36. The Balaban J connectivity index is 2.66. The van der Waals surface area contributed by atoms with Crippen LogP contribution in [0.2, 0.25) is 0 Å². The van der Waals surface area contributed by atoms with Crippen molar-refractivity contribution in [3.05, 3.63) is 35.4 Å². The third-order valence-corrected chi connectivity index (χ3v) is 2.71. The van der Waals surface area contributed by atoms with Gasteiger partial charge in [0.25, 0.3) is 0 Å². The van der Waals surface area contributed by atoms with Crippen molar-refractivity contribution in [3.63, 3.8) is 0 Å². The molecule has 0 atom stereocenters. The fourth-order valence-electron chi connectivity index (χ4n) is 1.42. The van der Waals surface area contributed by atoms with Crippen molar-refractivity contribution in [1.29, 1.82) is 0 Å².